The molecule has 0 unspecified atom stereocenters. The van der Waals surface area contributed by atoms with E-state index < -0.39 is 5.82 Å². The first-order chi connectivity index (χ1) is 9.65. The second-order valence-electron chi connectivity index (χ2n) is 3.98. The van der Waals surface area contributed by atoms with E-state index >= 15 is 0 Å². The summed E-state index contributed by atoms with van der Waals surface area (Å²) >= 11 is 3.23. The van der Waals surface area contributed by atoms with Crippen molar-refractivity contribution in [1.29, 1.82) is 5.26 Å². The number of ether oxygens (including phenoxy) is 1. The van der Waals surface area contributed by atoms with Gasteiger partial charge in [0, 0.05) is 15.6 Å². The minimum absolute atomic E-state index is 0.0126. The molecule has 0 bridgehead atoms. The Morgan fingerprint density at radius 3 is 2.85 bits per heavy atom. The summed E-state index contributed by atoms with van der Waals surface area (Å²) in [6.45, 7) is -0.0126. The molecule has 0 spiro atoms. The van der Waals surface area contributed by atoms with Gasteiger partial charge in [0.15, 0.2) is 6.29 Å². The molecular weight excluding hydrogens is 325 g/mol. The number of rotatable bonds is 4. The third-order valence-electron chi connectivity index (χ3n) is 2.69. The molecule has 2 aromatic rings. The normalized spacial score (nSPS) is 9.85. The summed E-state index contributed by atoms with van der Waals surface area (Å²) in [6.07, 6.45) is 0.702. The Morgan fingerprint density at radius 2 is 2.15 bits per heavy atom. The fourth-order valence-electron chi connectivity index (χ4n) is 1.64. The highest BCUT2D eigenvalue weighted by Crippen LogP contribution is 2.22. The van der Waals surface area contributed by atoms with Gasteiger partial charge in [-0.1, -0.05) is 28.1 Å². The van der Waals surface area contributed by atoms with Crippen molar-refractivity contribution in [2.45, 2.75) is 6.61 Å². The number of carbonyl (C=O) groups is 1. The molecule has 0 aromatic heterocycles. The lowest BCUT2D eigenvalue weighted by Crippen LogP contribution is -2.00. The van der Waals surface area contributed by atoms with E-state index in [0.29, 0.717) is 27.6 Å². The Kier molecular flexibility index (Phi) is 4.49. The number of hydrogen-bond donors (Lipinski definition) is 0. The Balaban J connectivity index is 2.17. The van der Waals surface area contributed by atoms with Gasteiger partial charge in [-0.2, -0.15) is 5.26 Å². The second-order valence-corrected chi connectivity index (χ2v) is 4.83. The molecule has 0 aliphatic carbocycles. The molecule has 0 saturated heterocycles. The molecule has 0 heterocycles. The third kappa shape index (κ3) is 3.03. The van der Waals surface area contributed by atoms with Crippen LogP contribution >= 0.6 is 15.9 Å². The highest BCUT2D eigenvalue weighted by molar-refractivity contribution is 9.10. The highest BCUT2D eigenvalue weighted by Gasteiger charge is 2.08. The third-order valence-corrected chi connectivity index (χ3v) is 3.41. The summed E-state index contributed by atoms with van der Waals surface area (Å²) < 4.78 is 19.9. The average molecular weight is 334 g/mol. The van der Waals surface area contributed by atoms with E-state index in [2.05, 4.69) is 15.9 Å². The lowest BCUT2D eigenvalue weighted by molar-refractivity contribution is 0.112. The van der Waals surface area contributed by atoms with Gasteiger partial charge in [-0.15, -0.1) is 0 Å². The predicted octanol–water partition coefficient (Wildman–Crippen LogP) is 3.85. The fourth-order valence-corrected chi connectivity index (χ4v) is 1.98. The van der Waals surface area contributed by atoms with Crippen molar-refractivity contribution >= 4 is 22.2 Å². The maximum atomic E-state index is 13.8. The van der Waals surface area contributed by atoms with Gasteiger partial charge in [-0.05, 0) is 24.3 Å². The van der Waals surface area contributed by atoms with Gasteiger partial charge in [0.2, 0.25) is 0 Å². The molecule has 0 saturated carbocycles. The standard InChI is InChI=1S/C15H9BrFNO2/c16-14-5-4-13(6-12(14)8-19)20-9-11-3-1-2-10(7-18)15(11)17/h1-6,8H,9H2. The van der Waals surface area contributed by atoms with Crippen LogP contribution < -0.4 is 4.74 Å². The molecule has 0 fully saturated rings. The first-order valence-electron chi connectivity index (χ1n) is 5.70. The van der Waals surface area contributed by atoms with E-state index in [0.717, 1.165) is 0 Å². The van der Waals surface area contributed by atoms with Gasteiger partial charge in [0.05, 0.1) is 5.56 Å². The van der Waals surface area contributed by atoms with Crippen molar-refractivity contribution in [3.8, 4) is 11.8 Å². The van der Waals surface area contributed by atoms with Crippen LogP contribution in [-0.4, -0.2) is 6.29 Å². The van der Waals surface area contributed by atoms with E-state index in [1.807, 2.05) is 0 Å². The van der Waals surface area contributed by atoms with Crippen LogP contribution in [0.2, 0.25) is 0 Å². The maximum absolute atomic E-state index is 13.8. The molecule has 2 aromatic carbocycles. The van der Waals surface area contributed by atoms with Crippen LogP contribution in [0, 0.1) is 17.1 Å². The number of halogens is 2. The van der Waals surface area contributed by atoms with Gasteiger partial charge >= 0.3 is 0 Å². The lowest BCUT2D eigenvalue weighted by atomic mass is 10.1. The molecule has 0 atom stereocenters. The average Bonchev–Trinajstić information content (AvgIpc) is 2.47. The number of aldehydes is 1. The first kappa shape index (κ1) is 14.2. The quantitative estimate of drug-likeness (QED) is 0.798. The van der Waals surface area contributed by atoms with Crippen LogP contribution in [0.1, 0.15) is 21.5 Å². The van der Waals surface area contributed by atoms with Gasteiger partial charge in [-0.25, -0.2) is 4.39 Å². The minimum Gasteiger partial charge on any atom is -0.489 e. The Morgan fingerprint density at radius 1 is 1.35 bits per heavy atom. The Bertz CT molecular complexity index is 695. The maximum Gasteiger partial charge on any atom is 0.151 e. The molecule has 0 aliphatic rings. The largest absolute Gasteiger partial charge is 0.489 e. The Labute approximate surface area is 123 Å². The van der Waals surface area contributed by atoms with Crippen molar-refractivity contribution in [1.82, 2.24) is 0 Å². The summed E-state index contributed by atoms with van der Waals surface area (Å²) in [5.74, 6) is -0.125. The van der Waals surface area contributed by atoms with Crippen molar-refractivity contribution < 1.29 is 13.9 Å². The van der Waals surface area contributed by atoms with Crippen LogP contribution in [0.3, 0.4) is 0 Å². The predicted molar refractivity (Wildman–Crippen MR) is 75.0 cm³/mol. The summed E-state index contributed by atoms with van der Waals surface area (Å²) in [6, 6.07) is 11.2. The van der Waals surface area contributed by atoms with Crippen molar-refractivity contribution in [2.24, 2.45) is 0 Å². The SMILES string of the molecule is N#Cc1cccc(COc2ccc(Br)c(C=O)c2)c1F. The van der Waals surface area contributed by atoms with E-state index in [-0.39, 0.29) is 12.2 Å². The summed E-state index contributed by atoms with van der Waals surface area (Å²) in [5, 5.41) is 8.75. The number of benzene rings is 2. The molecule has 2 rings (SSSR count). The van der Waals surface area contributed by atoms with E-state index in [9.17, 15) is 9.18 Å². The number of nitriles is 1. The molecule has 0 amide bonds. The second kappa shape index (κ2) is 6.31. The van der Waals surface area contributed by atoms with Gasteiger partial charge < -0.3 is 4.74 Å². The topological polar surface area (TPSA) is 50.1 Å². The summed E-state index contributed by atoms with van der Waals surface area (Å²) in [7, 11) is 0. The number of hydrogen-bond acceptors (Lipinski definition) is 3. The fraction of sp³-hybridized carbons (Fsp3) is 0.0667. The van der Waals surface area contributed by atoms with E-state index in [1.54, 1.807) is 36.4 Å². The molecule has 0 N–H and O–H groups in total. The van der Waals surface area contributed by atoms with Gasteiger partial charge in [-0.3, -0.25) is 4.79 Å². The smallest absolute Gasteiger partial charge is 0.151 e. The van der Waals surface area contributed by atoms with Crippen LogP contribution in [0.25, 0.3) is 0 Å². The van der Waals surface area contributed by atoms with Crippen molar-refractivity contribution in [3.63, 3.8) is 0 Å². The monoisotopic (exact) mass is 333 g/mol. The molecule has 5 heteroatoms. The molecule has 0 aliphatic heterocycles. The highest BCUT2D eigenvalue weighted by atomic mass is 79.9. The van der Waals surface area contributed by atoms with Crippen molar-refractivity contribution in [2.75, 3.05) is 0 Å². The molecule has 100 valence electrons. The molecule has 3 nitrogen and oxygen atoms in total. The molecule has 0 radical (unpaired) electrons. The van der Waals surface area contributed by atoms with Crippen LogP contribution in [0.15, 0.2) is 40.9 Å². The van der Waals surface area contributed by atoms with Crippen LogP contribution in [0.5, 0.6) is 5.75 Å². The molecule has 20 heavy (non-hydrogen) atoms. The zero-order chi connectivity index (χ0) is 14.5. The number of carbonyl (C=O) groups excluding carboxylic acids is 1. The Hall–Kier alpha value is -2.19. The molecular formula is C15H9BrFNO2. The summed E-state index contributed by atoms with van der Waals surface area (Å²) in [4.78, 5) is 10.8. The zero-order valence-electron chi connectivity index (χ0n) is 10.3. The van der Waals surface area contributed by atoms with E-state index in [4.69, 9.17) is 10.00 Å². The number of nitrogens with zero attached hydrogens (tertiary/aromatic N) is 1. The summed E-state index contributed by atoms with van der Waals surface area (Å²) in [5.41, 5.74) is 0.726. The van der Waals surface area contributed by atoms with Crippen LogP contribution in [-0.2, 0) is 6.61 Å². The van der Waals surface area contributed by atoms with Gasteiger partial charge in [0.25, 0.3) is 0 Å². The van der Waals surface area contributed by atoms with Crippen LogP contribution in [0.4, 0.5) is 4.39 Å². The van der Waals surface area contributed by atoms with Gasteiger partial charge in [0.1, 0.15) is 24.2 Å². The lowest BCUT2D eigenvalue weighted by Gasteiger charge is -2.08. The zero-order valence-corrected chi connectivity index (χ0v) is 11.9. The minimum atomic E-state index is -0.581. The first-order valence-corrected chi connectivity index (χ1v) is 6.50. The van der Waals surface area contributed by atoms with E-state index in [1.165, 1.54) is 6.07 Å². The van der Waals surface area contributed by atoms with Crippen molar-refractivity contribution in [3.05, 3.63) is 63.4 Å².